The Morgan fingerprint density at radius 3 is 2.36 bits per heavy atom. The molecule has 4 aromatic rings. The van der Waals surface area contributed by atoms with Crippen LogP contribution in [0.3, 0.4) is 0 Å². The Kier molecular flexibility index (Phi) is 6.54. The monoisotopic (exact) mass is 448 g/mol. The first kappa shape index (κ1) is 21.9. The van der Waals surface area contributed by atoms with Crippen LogP contribution in [0.15, 0.2) is 83.3 Å². The molecule has 1 unspecified atom stereocenters. The number of carbonyl (C=O) groups excluding carboxylic acids is 2. The van der Waals surface area contributed by atoms with Gasteiger partial charge in [-0.1, -0.05) is 36.4 Å². The van der Waals surface area contributed by atoms with Gasteiger partial charge in [-0.2, -0.15) is 0 Å². The number of ether oxygens (including phenoxy) is 2. The lowest BCUT2D eigenvalue weighted by Crippen LogP contribution is -2.47. The van der Waals surface area contributed by atoms with E-state index < -0.39 is 23.7 Å². The van der Waals surface area contributed by atoms with Gasteiger partial charge in [-0.25, -0.2) is 4.39 Å². The fourth-order valence-corrected chi connectivity index (χ4v) is 3.15. The highest BCUT2D eigenvalue weighted by Gasteiger charge is 2.23. The fraction of sp³-hybridized carbons (Fsp3) is 0.120. The first-order chi connectivity index (χ1) is 16.0. The number of benzene rings is 3. The first-order valence-corrected chi connectivity index (χ1v) is 10.2. The van der Waals surface area contributed by atoms with Gasteiger partial charge in [0.15, 0.2) is 6.10 Å². The minimum absolute atomic E-state index is 0.0273. The van der Waals surface area contributed by atoms with E-state index in [1.807, 2.05) is 42.5 Å². The van der Waals surface area contributed by atoms with Gasteiger partial charge >= 0.3 is 5.91 Å². The number of rotatable bonds is 7. The van der Waals surface area contributed by atoms with Crippen LogP contribution in [0.4, 0.5) is 4.39 Å². The van der Waals surface area contributed by atoms with Crippen molar-refractivity contribution in [3.8, 4) is 11.5 Å². The second kappa shape index (κ2) is 9.86. The van der Waals surface area contributed by atoms with E-state index in [0.717, 1.165) is 5.39 Å². The molecule has 1 atom stereocenters. The van der Waals surface area contributed by atoms with E-state index in [1.54, 1.807) is 12.1 Å². The Hall–Kier alpha value is -4.33. The maximum atomic E-state index is 13.0. The van der Waals surface area contributed by atoms with E-state index in [2.05, 4.69) is 10.9 Å². The van der Waals surface area contributed by atoms with Crippen molar-refractivity contribution in [3.63, 3.8) is 0 Å². The molecule has 2 N–H and O–H groups in total. The summed E-state index contributed by atoms with van der Waals surface area (Å²) in [5.74, 6) is -0.646. The van der Waals surface area contributed by atoms with Gasteiger partial charge < -0.3 is 13.9 Å². The van der Waals surface area contributed by atoms with Gasteiger partial charge in [-0.15, -0.1) is 0 Å². The van der Waals surface area contributed by atoms with Crippen molar-refractivity contribution < 1.29 is 27.9 Å². The van der Waals surface area contributed by atoms with Gasteiger partial charge in [0.1, 0.15) is 29.5 Å². The molecule has 8 heteroatoms. The summed E-state index contributed by atoms with van der Waals surface area (Å²) in [4.78, 5) is 25.1. The Balaban J connectivity index is 1.43. The standard InChI is InChI=1S/C25H21FN2O5/c1-16(32-19-13-11-17(26)12-14-19)24(29)27-28-25(30)23-21(15-31-18-7-3-2-4-8-18)20-9-5-6-10-22(20)33-23/h2-14,16H,15H2,1H3,(H,27,29)(H,28,30). The molecular formula is C25H21FN2O5. The van der Waals surface area contributed by atoms with E-state index >= 15 is 0 Å². The Morgan fingerprint density at radius 2 is 1.61 bits per heavy atom. The van der Waals surface area contributed by atoms with Crippen LogP contribution < -0.4 is 20.3 Å². The summed E-state index contributed by atoms with van der Waals surface area (Å²) in [7, 11) is 0. The second-order valence-electron chi connectivity index (χ2n) is 7.17. The number of carbonyl (C=O) groups is 2. The van der Waals surface area contributed by atoms with Gasteiger partial charge in [0, 0.05) is 10.9 Å². The molecule has 2 amide bonds. The van der Waals surface area contributed by atoms with E-state index in [4.69, 9.17) is 13.9 Å². The van der Waals surface area contributed by atoms with Crippen molar-refractivity contribution in [2.24, 2.45) is 0 Å². The third-order valence-electron chi connectivity index (χ3n) is 4.83. The van der Waals surface area contributed by atoms with Crippen molar-refractivity contribution in [2.75, 3.05) is 0 Å². The lowest BCUT2D eigenvalue weighted by atomic mass is 10.1. The number of hydrazine groups is 1. The minimum atomic E-state index is -0.938. The number of amides is 2. The van der Waals surface area contributed by atoms with Gasteiger partial charge in [-0.3, -0.25) is 20.4 Å². The molecule has 0 aliphatic heterocycles. The number of halogens is 1. The topological polar surface area (TPSA) is 89.8 Å². The molecule has 1 aromatic heterocycles. The molecule has 0 aliphatic rings. The van der Waals surface area contributed by atoms with Crippen LogP contribution in [0.2, 0.25) is 0 Å². The highest BCUT2D eigenvalue weighted by Crippen LogP contribution is 2.27. The molecule has 0 bridgehead atoms. The van der Waals surface area contributed by atoms with Crippen LogP contribution >= 0.6 is 0 Å². The number of furan rings is 1. The number of hydrogen-bond donors (Lipinski definition) is 2. The molecule has 4 rings (SSSR count). The molecule has 7 nitrogen and oxygen atoms in total. The van der Waals surface area contributed by atoms with Crippen molar-refractivity contribution >= 4 is 22.8 Å². The lowest BCUT2D eigenvalue weighted by Gasteiger charge is -2.15. The third-order valence-corrected chi connectivity index (χ3v) is 4.83. The number of fused-ring (bicyclic) bond motifs is 1. The van der Waals surface area contributed by atoms with Crippen molar-refractivity contribution in [1.82, 2.24) is 10.9 Å². The molecule has 0 aliphatic carbocycles. The van der Waals surface area contributed by atoms with Gasteiger partial charge in [0.2, 0.25) is 5.76 Å². The summed E-state index contributed by atoms with van der Waals surface area (Å²) < 4.78 is 30.0. The minimum Gasteiger partial charge on any atom is -0.489 e. The van der Waals surface area contributed by atoms with Crippen LogP contribution in [0.5, 0.6) is 11.5 Å². The zero-order chi connectivity index (χ0) is 23.2. The van der Waals surface area contributed by atoms with Gasteiger partial charge in [0.05, 0.1) is 0 Å². The van der Waals surface area contributed by atoms with Crippen molar-refractivity contribution in [3.05, 3.63) is 96.0 Å². The summed E-state index contributed by atoms with van der Waals surface area (Å²) >= 11 is 0. The molecule has 0 saturated heterocycles. The van der Waals surface area contributed by atoms with E-state index in [0.29, 0.717) is 22.6 Å². The molecular weight excluding hydrogens is 427 g/mol. The second-order valence-corrected chi connectivity index (χ2v) is 7.17. The normalized spacial score (nSPS) is 11.6. The molecule has 1 heterocycles. The van der Waals surface area contributed by atoms with Crippen LogP contribution in [-0.4, -0.2) is 17.9 Å². The predicted molar refractivity (Wildman–Crippen MR) is 119 cm³/mol. The smallest absolute Gasteiger partial charge is 0.305 e. The van der Waals surface area contributed by atoms with Crippen LogP contribution in [0.25, 0.3) is 11.0 Å². The Bertz CT molecular complexity index is 1260. The maximum Gasteiger partial charge on any atom is 0.305 e. The van der Waals surface area contributed by atoms with Crippen LogP contribution in [-0.2, 0) is 11.4 Å². The zero-order valence-corrected chi connectivity index (χ0v) is 17.7. The molecule has 3 aromatic carbocycles. The van der Waals surface area contributed by atoms with Crippen molar-refractivity contribution in [2.45, 2.75) is 19.6 Å². The molecule has 0 fully saturated rings. The molecule has 0 radical (unpaired) electrons. The highest BCUT2D eigenvalue weighted by atomic mass is 19.1. The Labute approximate surface area is 189 Å². The Morgan fingerprint density at radius 1 is 0.909 bits per heavy atom. The number of nitrogens with one attached hydrogen (secondary N) is 2. The summed E-state index contributed by atoms with van der Waals surface area (Å²) in [6.45, 7) is 1.60. The fourth-order valence-electron chi connectivity index (χ4n) is 3.15. The summed E-state index contributed by atoms with van der Waals surface area (Å²) in [5.41, 5.74) is 5.74. The molecule has 0 saturated carbocycles. The molecule has 0 spiro atoms. The average Bonchev–Trinajstić information content (AvgIpc) is 3.21. The lowest BCUT2D eigenvalue weighted by molar-refractivity contribution is -0.128. The summed E-state index contributed by atoms with van der Waals surface area (Å²) in [5, 5.41) is 0.734. The van der Waals surface area contributed by atoms with Crippen LogP contribution in [0, 0.1) is 5.82 Å². The van der Waals surface area contributed by atoms with E-state index in [-0.39, 0.29) is 12.4 Å². The first-order valence-electron chi connectivity index (χ1n) is 10.2. The highest BCUT2D eigenvalue weighted by molar-refractivity contribution is 5.99. The van der Waals surface area contributed by atoms with Gasteiger partial charge in [-0.05, 0) is 49.4 Å². The predicted octanol–water partition coefficient (Wildman–Crippen LogP) is 4.38. The van der Waals surface area contributed by atoms with Crippen molar-refractivity contribution in [1.29, 1.82) is 0 Å². The van der Waals surface area contributed by atoms with Gasteiger partial charge in [0.25, 0.3) is 5.91 Å². The molecule has 168 valence electrons. The SMILES string of the molecule is CC(Oc1ccc(F)cc1)C(=O)NNC(=O)c1oc2ccccc2c1COc1ccccc1. The van der Waals surface area contributed by atoms with E-state index in [1.165, 1.54) is 31.2 Å². The quantitative estimate of drug-likeness (QED) is 0.410. The zero-order valence-electron chi connectivity index (χ0n) is 17.7. The maximum absolute atomic E-state index is 13.0. The number of hydrogen-bond acceptors (Lipinski definition) is 5. The van der Waals surface area contributed by atoms with Crippen LogP contribution in [0.1, 0.15) is 23.0 Å². The third kappa shape index (κ3) is 5.30. The summed E-state index contributed by atoms with van der Waals surface area (Å²) in [6.07, 6.45) is -0.938. The average molecular weight is 448 g/mol. The summed E-state index contributed by atoms with van der Waals surface area (Å²) in [6, 6.07) is 21.7. The largest absolute Gasteiger partial charge is 0.489 e. The number of para-hydroxylation sites is 2. The van der Waals surface area contributed by atoms with E-state index in [9.17, 15) is 14.0 Å². The molecule has 33 heavy (non-hydrogen) atoms.